The number of nitrogens with one attached hydrogen (secondary N) is 3. The van der Waals surface area contributed by atoms with Gasteiger partial charge in [0.25, 0.3) is 5.91 Å². The predicted octanol–water partition coefficient (Wildman–Crippen LogP) is 4.80. The molecule has 0 saturated carbocycles. The Morgan fingerprint density at radius 1 is 0.861 bits per heavy atom. The van der Waals surface area contributed by atoms with Gasteiger partial charge in [-0.3, -0.25) is 14.6 Å². The Labute approximate surface area is 217 Å². The molecule has 0 saturated heterocycles. The van der Waals surface area contributed by atoms with Crippen molar-refractivity contribution in [1.82, 2.24) is 20.3 Å². The van der Waals surface area contributed by atoms with Crippen molar-refractivity contribution in [1.29, 1.82) is 0 Å². The van der Waals surface area contributed by atoms with Crippen molar-refractivity contribution >= 4 is 46.7 Å². The van der Waals surface area contributed by atoms with E-state index < -0.39 is 0 Å². The Morgan fingerprint density at radius 2 is 1.69 bits per heavy atom. The van der Waals surface area contributed by atoms with Crippen molar-refractivity contribution < 1.29 is 9.59 Å². The monoisotopic (exact) mass is 518 g/mol. The van der Waals surface area contributed by atoms with Gasteiger partial charge in [0, 0.05) is 41.6 Å². The normalized spacial score (nSPS) is 10.6. The molecule has 0 radical (unpaired) electrons. The number of rotatable bonds is 10. The van der Waals surface area contributed by atoms with E-state index in [4.69, 9.17) is 11.6 Å². The number of halogens is 1. The molecule has 10 heteroatoms. The van der Waals surface area contributed by atoms with Crippen LogP contribution in [0.5, 0.6) is 0 Å². The van der Waals surface area contributed by atoms with Crippen molar-refractivity contribution in [3.63, 3.8) is 0 Å². The topological polar surface area (TPSA) is 109 Å². The van der Waals surface area contributed by atoms with E-state index >= 15 is 0 Å². The highest BCUT2D eigenvalue weighted by molar-refractivity contribution is 7.98. The molecule has 0 spiro atoms. The number of pyridine rings is 3. The number of hydrogen-bond acceptors (Lipinski definition) is 7. The molecule has 0 aliphatic rings. The Hall–Kier alpha value is -3.79. The molecule has 1 aromatic carbocycles. The first kappa shape index (κ1) is 25.3. The molecule has 3 N–H and O–H groups in total. The van der Waals surface area contributed by atoms with Crippen LogP contribution in [0.2, 0.25) is 5.02 Å². The minimum absolute atomic E-state index is 0.136. The maximum Gasteiger partial charge on any atom is 0.258 e. The first-order valence-electron chi connectivity index (χ1n) is 11.1. The molecule has 2 amide bonds. The number of thioether (sulfide) groups is 1. The van der Waals surface area contributed by atoms with Crippen LogP contribution in [0, 0.1) is 0 Å². The number of amides is 2. The molecule has 0 aliphatic carbocycles. The van der Waals surface area contributed by atoms with Crippen molar-refractivity contribution in [2.45, 2.75) is 17.3 Å². The summed E-state index contributed by atoms with van der Waals surface area (Å²) in [4.78, 5) is 37.9. The third-order valence-corrected chi connectivity index (χ3v) is 6.23. The Morgan fingerprint density at radius 3 is 2.50 bits per heavy atom. The number of carbonyl (C=O) groups excluding carboxylic acids is 2. The number of nitrogens with zero attached hydrogens (tertiary/aromatic N) is 3. The average Bonchev–Trinajstić information content (AvgIpc) is 2.90. The van der Waals surface area contributed by atoms with Gasteiger partial charge in [-0.05, 0) is 66.2 Å². The van der Waals surface area contributed by atoms with Gasteiger partial charge < -0.3 is 16.0 Å². The van der Waals surface area contributed by atoms with Crippen LogP contribution in [-0.4, -0.2) is 33.3 Å². The minimum Gasteiger partial charge on any atom is -0.322 e. The molecule has 182 valence electrons. The smallest absolute Gasteiger partial charge is 0.258 e. The molecule has 0 unspecified atom stereocenters. The van der Waals surface area contributed by atoms with Gasteiger partial charge in [-0.2, -0.15) is 0 Å². The van der Waals surface area contributed by atoms with Gasteiger partial charge in [0.15, 0.2) is 0 Å². The molecule has 0 bridgehead atoms. The van der Waals surface area contributed by atoms with E-state index in [2.05, 4.69) is 30.9 Å². The van der Waals surface area contributed by atoms with Crippen molar-refractivity contribution in [3.8, 4) is 0 Å². The second-order valence-corrected chi connectivity index (χ2v) is 9.03. The summed E-state index contributed by atoms with van der Waals surface area (Å²) in [5.41, 5.74) is 2.91. The van der Waals surface area contributed by atoms with Crippen molar-refractivity contribution in [3.05, 3.63) is 107 Å². The summed E-state index contributed by atoms with van der Waals surface area (Å²) in [6.07, 6.45) is 5.00. The van der Waals surface area contributed by atoms with Crippen LogP contribution < -0.4 is 16.0 Å². The quantitative estimate of drug-likeness (QED) is 0.259. The zero-order valence-electron chi connectivity index (χ0n) is 19.1. The van der Waals surface area contributed by atoms with E-state index in [9.17, 15) is 9.59 Å². The highest BCUT2D eigenvalue weighted by Gasteiger charge is 2.14. The van der Waals surface area contributed by atoms with Crippen LogP contribution in [0.1, 0.15) is 21.6 Å². The highest BCUT2D eigenvalue weighted by Crippen LogP contribution is 2.26. The molecule has 0 fully saturated rings. The molecule has 0 atom stereocenters. The van der Waals surface area contributed by atoms with Gasteiger partial charge in [0.1, 0.15) is 10.8 Å². The second kappa shape index (κ2) is 12.8. The van der Waals surface area contributed by atoms with Crippen LogP contribution >= 0.6 is 23.4 Å². The number of carbonyl (C=O) groups is 2. The molecular weight excluding hydrogens is 496 g/mol. The molecule has 36 heavy (non-hydrogen) atoms. The maximum absolute atomic E-state index is 12.8. The zero-order valence-corrected chi connectivity index (χ0v) is 20.7. The van der Waals surface area contributed by atoms with E-state index in [-0.39, 0.29) is 18.4 Å². The summed E-state index contributed by atoms with van der Waals surface area (Å²) >= 11 is 7.34. The second-order valence-electron chi connectivity index (χ2n) is 7.63. The first-order chi connectivity index (χ1) is 17.6. The number of benzene rings is 1. The fourth-order valence-electron chi connectivity index (χ4n) is 3.19. The first-order valence-corrected chi connectivity index (χ1v) is 12.4. The molecule has 3 heterocycles. The fraction of sp³-hybridized carbons (Fsp3) is 0.115. The van der Waals surface area contributed by atoms with Crippen LogP contribution in [0.25, 0.3) is 0 Å². The summed E-state index contributed by atoms with van der Waals surface area (Å²) in [6.45, 7) is 0.633. The summed E-state index contributed by atoms with van der Waals surface area (Å²) in [6, 6.07) is 19.7. The van der Waals surface area contributed by atoms with Gasteiger partial charge in [-0.15, -0.1) is 11.8 Å². The summed E-state index contributed by atoms with van der Waals surface area (Å²) in [5, 5.41) is 9.92. The Kier molecular flexibility index (Phi) is 8.98. The number of anilines is 2. The van der Waals surface area contributed by atoms with Gasteiger partial charge in [0.2, 0.25) is 5.91 Å². The molecule has 8 nitrogen and oxygen atoms in total. The summed E-state index contributed by atoms with van der Waals surface area (Å²) in [7, 11) is 0. The average molecular weight is 519 g/mol. The predicted molar refractivity (Wildman–Crippen MR) is 142 cm³/mol. The molecule has 0 aliphatic heterocycles. The lowest BCUT2D eigenvalue weighted by Gasteiger charge is -2.10. The van der Waals surface area contributed by atoms with E-state index in [1.165, 1.54) is 11.8 Å². The lowest BCUT2D eigenvalue weighted by atomic mass is 10.2. The lowest BCUT2D eigenvalue weighted by molar-refractivity contribution is -0.115. The maximum atomic E-state index is 12.8. The van der Waals surface area contributed by atoms with Crippen LogP contribution in [0.3, 0.4) is 0 Å². The minimum atomic E-state index is -0.256. The van der Waals surface area contributed by atoms with Crippen LogP contribution in [0.4, 0.5) is 11.5 Å². The third kappa shape index (κ3) is 7.61. The SMILES string of the molecule is O=C(CNCc1ccccn1)Nc1cc(CSc2ncccc2C(=O)Nc2ccc(Cl)cc2)ccn1. The van der Waals surface area contributed by atoms with E-state index in [1.807, 2.05) is 24.3 Å². The van der Waals surface area contributed by atoms with Crippen molar-refractivity contribution in [2.24, 2.45) is 0 Å². The van der Waals surface area contributed by atoms with Crippen LogP contribution in [0.15, 0.2) is 90.3 Å². The standard InChI is InChI=1S/C26H23ClN6O2S/c27-19-6-8-20(9-7-19)32-25(35)22-5-3-12-31-26(22)36-17-18-10-13-30-23(14-18)33-24(34)16-28-15-21-4-1-2-11-29-21/h1-14,28H,15-17H2,(H,32,35)(H,30,33,34). The zero-order chi connectivity index (χ0) is 25.2. The third-order valence-electron chi connectivity index (χ3n) is 4.90. The molecule has 4 rings (SSSR count). The fourth-order valence-corrected chi connectivity index (χ4v) is 4.25. The Balaban J connectivity index is 1.31. The van der Waals surface area contributed by atoms with Gasteiger partial charge in [-0.25, -0.2) is 9.97 Å². The van der Waals surface area contributed by atoms with E-state index in [0.717, 1.165) is 11.3 Å². The van der Waals surface area contributed by atoms with Gasteiger partial charge in [-0.1, -0.05) is 17.7 Å². The lowest BCUT2D eigenvalue weighted by Crippen LogP contribution is -2.28. The Bertz CT molecular complexity index is 1320. The molecule has 3 aromatic heterocycles. The molecule has 4 aromatic rings. The van der Waals surface area contributed by atoms with E-state index in [0.29, 0.717) is 39.4 Å². The summed E-state index contributed by atoms with van der Waals surface area (Å²) in [5.74, 6) is 0.545. The van der Waals surface area contributed by atoms with Crippen LogP contribution in [-0.2, 0) is 17.1 Å². The number of hydrogen-bond donors (Lipinski definition) is 3. The summed E-state index contributed by atoms with van der Waals surface area (Å²) < 4.78 is 0. The van der Waals surface area contributed by atoms with E-state index in [1.54, 1.807) is 61.1 Å². The number of aromatic nitrogens is 3. The highest BCUT2D eigenvalue weighted by atomic mass is 35.5. The molecular formula is C26H23ClN6O2S. The van der Waals surface area contributed by atoms with Crippen molar-refractivity contribution in [2.75, 3.05) is 17.2 Å². The largest absolute Gasteiger partial charge is 0.322 e. The van der Waals surface area contributed by atoms with Gasteiger partial charge >= 0.3 is 0 Å². The van der Waals surface area contributed by atoms with Gasteiger partial charge in [0.05, 0.1) is 17.8 Å².